The van der Waals surface area contributed by atoms with Gasteiger partial charge in [0.25, 0.3) is 0 Å². The van der Waals surface area contributed by atoms with E-state index in [1.54, 1.807) is 0 Å². The van der Waals surface area contributed by atoms with Crippen LogP contribution in [0, 0.1) is 5.92 Å². The van der Waals surface area contributed by atoms with Crippen LogP contribution in [-0.2, 0) is 6.42 Å². The normalized spacial score (nSPS) is 24.6. The summed E-state index contributed by atoms with van der Waals surface area (Å²) in [4.78, 5) is 15.0. The molecule has 2 fully saturated rings. The van der Waals surface area contributed by atoms with Gasteiger partial charge in [-0.05, 0) is 71.4 Å². The van der Waals surface area contributed by atoms with Crippen molar-refractivity contribution >= 4 is 11.7 Å². The fraction of sp³-hybridized carbons (Fsp3) is 0.682. The monoisotopic (exact) mass is 398 g/mol. The van der Waals surface area contributed by atoms with Crippen LogP contribution in [0.1, 0.15) is 59.2 Å². The van der Waals surface area contributed by atoms with E-state index in [1.165, 1.54) is 0 Å². The first-order valence-electron chi connectivity index (χ1n) is 10.8. The fourth-order valence-corrected chi connectivity index (χ4v) is 5.39. The molecule has 0 spiro atoms. The lowest BCUT2D eigenvalue weighted by Gasteiger charge is -2.47. The Kier molecular flexibility index (Phi) is 5.27. The second-order valence-electron chi connectivity index (χ2n) is 10.2. The van der Waals surface area contributed by atoms with E-state index in [0.717, 1.165) is 56.7 Å². The standard InChI is InChI=1S/C22H34N6O/c1-21(2)13-17(14-22(3,4)26-21)23-20(29)27-10-7-8-16(15-27)12-19-25-24-18-9-5-6-11-28(18)19/h5-6,9,11,16-17,26H,7-8,10,12-15H2,1-4H3,(H,23,29). The quantitative estimate of drug-likeness (QED) is 0.833. The predicted molar refractivity (Wildman–Crippen MR) is 114 cm³/mol. The van der Waals surface area contributed by atoms with Crippen molar-refractivity contribution in [2.45, 2.75) is 76.9 Å². The Balaban J connectivity index is 1.37. The number of fused-ring (bicyclic) bond motifs is 1. The van der Waals surface area contributed by atoms with Crippen molar-refractivity contribution in [2.75, 3.05) is 13.1 Å². The molecule has 4 heterocycles. The van der Waals surface area contributed by atoms with Gasteiger partial charge < -0.3 is 15.5 Å². The number of pyridine rings is 1. The number of carbonyl (C=O) groups is 1. The van der Waals surface area contributed by atoms with Crippen molar-refractivity contribution in [1.82, 2.24) is 30.1 Å². The molecule has 0 radical (unpaired) electrons. The second-order valence-corrected chi connectivity index (χ2v) is 10.2. The number of piperidine rings is 2. The second kappa shape index (κ2) is 7.59. The molecule has 2 aromatic rings. The Bertz CT molecular complexity index is 857. The van der Waals surface area contributed by atoms with E-state index in [1.807, 2.05) is 29.3 Å². The van der Waals surface area contributed by atoms with E-state index in [0.29, 0.717) is 5.92 Å². The molecule has 29 heavy (non-hydrogen) atoms. The van der Waals surface area contributed by atoms with Gasteiger partial charge in [0.05, 0.1) is 0 Å². The van der Waals surface area contributed by atoms with Gasteiger partial charge >= 0.3 is 6.03 Å². The van der Waals surface area contributed by atoms with Crippen LogP contribution in [0.5, 0.6) is 0 Å². The number of urea groups is 1. The van der Waals surface area contributed by atoms with Crippen molar-refractivity contribution in [3.8, 4) is 0 Å². The van der Waals surface area contributed by atoms with Crippen LogP contribution in [-0.4, -0.2) is 55.7 Å². The minimum Gasteiger partial charge on any atom is -0.335 e. The summed E-state index contributed by atoms with van der Waals surface area (Å²) in [6.07, 6.45) is 6.92. The molecule has 158 valence electrons. The number of nitrogens with one attached hydrogen (secondary N) is 2. The van der Waals surface area contributed by atoms with E-state index >= 15 is 0 Å². The van der Waals surface area contributed by atoms with Crippen LogP contribution < -0.4 is 10.6 Å². The summed E-state index contributed by atoms with van der Waals surface area (Å²) in [7, 11) is 0. The molecule has 0 bridgehead atoms. The van der Waals surface area contributed by atoms with Crippen LogP contribution in [0.4, 0.5) is 4.79 Å². The number of hydrogen-bond acceptors (Lipinski definition) is 4. The van der Waals surface area contributed by atoms with Gasteiger partial charge in [-0.25, -0.2) is 4.79 Å². The first-order valence-corrected chi connectivity index (χ1v) is 10.8. The SMILES string of the molecule is CC1(C)CC(NC(=O)N2CCCC(Cc3nnc4ccccn34)C2)CC(C)(C)N1. The van der Waals surface area contributed by atoms with E-state index in [-0.39, 0.29) is 23.2 Å². The molecule has 2 aliphatic rings. The molecule has 7 heteroatoms. The lowest BCUT2D eigenvalue weighted by atomic mass is 9.79. The van der Waals surface area contributed by atoms with Crippen LogP contribution >= 0.6 is 0 Å². The van der Waals surface area contributed by atoms with Crippen molar-refractivity contribution in [3.63, 3.8) is 0 Å². The number of rotatable bonds is 3. The molecule has 2 aromatic heterocycles. The molecule has 0 saturated carbocycles. The molecule has 1 unspecified atom stereocenters. The molecule has 0 aliphatic carbocycles. The first-order chi connectivity index (χ1) is 13.7. The average molecular weight is 399 g/mol. The summed E-state index contributed by atoms with van der Waals surface area (Å²) in [5.74, 6) is 1.40. The van der Waals surface area contributed by atoms with Gasteiger partial charge in [-0.2, -0.15) is 0 Å². The fourth-order valence-electron chi connectivity index (χ4n) is 5.39. The highest BCUT2D eigenvalue weighted by Gasteiger charge is 2.39. The maximum atomic E-state index is 13.0. The first kappa shape index (κ1) is 20.1. The summed E-state index contributed by atoms with van der Waals surface area (Å²) in [5.41, 5.74) is 0.932. The summed E-state index contributed by atoms with van der Waals surface area (Å²) < 4.78 is 2.05. The summed E-state index contributed by atoms with van der Waals surface area (Å²) in [6, 6.07) is 6.24. The largest absolute Gasteiger partial charge is 0.335 e. The van der Waals surface area contributed by atoms with Crippen LogP contribution in [0.15, 0.2) is 24.4 Å². The van der Waals surface area contributed by atoms with Crippen LogP contribution in [0.2, 0.25) is 0 Å². The summed E-state index contributed by atoms with van der Waals surface area (Å²) in [5, 5.41) is 15.6. The van der Waals surface area contributed by atoms with Gasteiger partial charge in [0.15, 0.2) is 5.65 Å². The van der Waals surface area contributed by atoms with Crippen molar-refractivity contribution in [2.24, 2.45) is 5.92 Å². The van der Waals surface area contributed by atoms with Crippen molar-refractivity contribution < 1.29 is 4.79 Å². The number of likely N-dealkylation sites (tertiary alicyclic amines) is 1. The number of nitrogens with zero attached hydrogens (tertiary/aromatic N) is 4. The smallest absolute Gasteiger partial charge is 0.317 e. The third-order valence-electron chi connectivity index (χ3n) is 6.18. The van der Waals surface area contributed by atoms with Gasteiger partial charge in [-0.15, -0.1) is 10.2 Å². The minimum absolute atomic E-state index is 0.0266. The van der Waals surface area contributed by atoms with E-state index in [4.69, 9.17) is 0 Å². The number of hydrogen-bond donors (Lipinski definition) is 2. The van der Waals surface area contributed by atoms with E-state index in [2.05, 4.69) is 52.9 Å². The van der Waals surface area contributed by atoms with E-state index < -0.39 is 0 Å². The van der Waals surface area contributed by atoms with Crippen LogP contribution in [0.25, 0.3) is 5.65 Å². The predicted octanol–water partition coefficient (Wildman–Crippen LogP) is 3.00. The minimum atomic E-state index is 0.0266. The molecule has 1 atom stereocenters. The molecule has 2 amide bonds. The number of carbonyl (C=O) groups excluding carboxylic acids is 1. The van der Waals surface area contributed by atoms with Gasteiger partial charge in [0, 0.05) is 42.8 Å². The van der Waals surface area contributed by atoms with Gasteiger partial charge in [-0.3, -0.25) is 4.40 Å². The van der Waals surface area contributed by atoms with Crippen LogP contribution in [0.3, 0.4) is 0 Å². The molecule has 4 rings (SSSR count). The zero-order valence-electron chi connectivity index (χ0n) is 18.1. The summed E-state index contributed by atoms with van der Waals surface area (Å²) >= 11 is 0. The highest BCUT2D eigenvalue weighted by Crippen LogP contribution is 2.29. The summed E-state index contributed by atoms with van der Waals surface area (Å²) in [6.45, 7) is 10.5. The van der Waals surface area contributed by atoms with Gasteiger partial charge in [-0.1, -0.05) is 6.07 Å². The molecule has 2 N–H and O–H groups in total. The number of amides is 2. The van der Waals surface area contributed by atoms with Gasteiger partial charge in [0.1, 0.15) is 5.82 Å². The van der Waals surface area contributed by atoms with Crippen molar-refractivity contribution in [1.29, 1.82) is 0 Å². The Morgan fingerprint density at radius 3 is 2.72 bits per heavy atom. The zero-order chi connectivity index (χ0) is 20.6. The topological polar surface area (TPSA) is 74.6 Å². The molecule has 2 aliphatic heterocycles. The maximum absolute atomic E-state index is 13.0. The highest BCUT2D eigenvalue weighted by molar-refractivity contribution is 5.74. The lowest BCUT2D eigenvalue weighted by Crippen LogP contribution is -2.63. The molecule has 2 saturated heterocycles. The molecular formula is C22H34N6O. The average Bonchev–Trinajstić information content (AvgIpc) is 3.02. The Labute approximate surface area is 173 Å². The Hall–Kier alpha value is -2.15. The zero-order valence-corrected chi connectivity index (χ0v) is 18.1. The van der Waals surface area contributed by atoms with E-state index in [9.17, 15) is 4.79 Å². The maximum Gasteiger partial charge on any atom is 0.317 e. The van der Waals surface area contributed by atoms with Gasteiger partial charge in [0.2, 0.25) is 0 Å². The number of aromatic nitrogens is 3. The third-order valence-corrected chi connectivity index (χ3v) is 6.18. The molecule has 7 nitrogen and oxygen atoms in total. The Morgan fingerprint density at radius 2 is 1.97 bits per heavy atom. The third kappa shape index (κ3) is 4.71. The molecular weight excluding hydrogens is 364 g/mol. The van der Waals surface area contributed by atoms with Crippen molar-refractivity contribution in [3.05, 3.63) is 30.2 Å². The molecule has 0 aromatic carbocycles. The Morgan fingerprint density at radius 1 is 1.21 bits per heavy atom. The lowest BCUT2D eigenvalue weighted by molar-refractivity contribution is 0.129. The highest BCUT2D eigenvalue weighted by atomic mass is 16.2.